The van der Waals surface area contributed by atoms with E-state index in [0.717, 1.165) is 10.9 Å². The van der Waals surface area contributed by atoms with Crippen LogP contribution in [0.25, 0.3) is 33.1 Å². The number of rotatable bonds is 2. The molecule has 0 unspecified atom stereocenters. The fraction of sp³-hybridized carbons (Fsp3) is 0.250. The molecule has 0 bridgehead atoms. The number of fused-ring (bicyclic) bond motifs is 2. The molecule has 2 aromatic carbocycles. The Bertz CT molecular complexity index is 1410. The molecule has 0 radical (unpaired) electrons. The Labute approximate surface area is 183 Å². The topological polar surface area (TPSA) is 109 Å². The lowest BCUT2D eigenvalue weighted by Gasteiger charge is -2.33. The molecule has 8 heteroatoms. The van der Waals surface area contributed by atoms with Crippen molar-refractivity contribution in [2.75, 3.05) is 13.1 Å². The lowest BCUT2D eigenvalue weighted by molar-refractivity contribution is -0.0321. The number of aromatic nitrogens is 3. The Hall–Kier alpha value is -3.62. The van der Waals surface area contributed by atoms with Crippen LogP contribution in [-0.4, -0.2) is 60.9 Å². The molecule has 5 rings (SSSR count). The molecule has 0 spiro atoms. The zero-order chi connectivity index (χ0) is 22.4. The number of benzene rings is 2. The molecule has 0 saturated carbocycles. The Kier molecular flexibility index (Phi) is 4.96. The van der Waals surface area contributed by atoms with Crippen LogP contribution in [0.5, 0.6) is 0 Å². The first-order valence-electron chi connectivity index (χ1n) is 10.4. The Balaban J connectivity index is 1.50. The van der Waals surface area contributed by atoms with E-state index < -0.39 is 12.2 Å². The number of likely N-dealkylation sites (tertiary alicyclic amines) is 1. The van der Waals surface area contributed by atoms with Crippen molar-refractivity contribution in [1.29, 1.82) is 0 Å². The molecule has 1 saturated heterocycles. The number of aliphatic hydroxyl groups excluding tert-OH is 2. The number of hydrogen-bond acceptors (Lipinski definition) is 6. The second kappa shape index (κ2) is 7.81. The molecule has 0 aliphatic carbocycles. The summed E-state index contributed by atoms with van der Waals surface area (Å²) in [5, 5.41) is 21.1. The van der Waals surface area contributed by atoms with Crippen molar-refractivity contribution in [2.45, 2.75) is 18.6 Å². The van der Waals surface area contributed by atoms with E-state index in [0.29, 0.717) is 40.6 Å². The minimum atomic E-state index is -0.940. The third kappa shape index (κ3) is 3.53. The van der Waals surface area contributed by atoms with E-state index in [4.69, 9.17) is 4.98 Å². The normalized spacial score (nSPS) is 18.9. The number of amides is 1. The molecule has 2 N–H and O–H groups in total. The molecule has 2 aromatic heterocycles. The number of aryl methyl sites for hydroxylation is 1. The molecular weight excluding hydrogens is 408 g/mol. The van der Waals surface area contributed by atoms with Gasteiger partial charge in [0.2, 0.25) is 0 Å². The lowest BCUT2D eigenvalue weighted by atomic mass is 10.0. The van der Waals surface area contributed by atoms with E-state index in [1.54, 1.807) is 53.2 Å². The second-order valence-corrected chi connectivity index (χ2v) is 8.17. The highest BCUT2D eigenvalue weighted by atomic mass is 16.3. The number of carbonyl (C=O) groups is 1. The smallest absolute Gasteiger partial charge is 0.258 e. The first-order valence-corrected chi connectivity index (χ1v) is 10.4. The van der Waals surface area contributed by atoms with Crippen molar-refractivity contribution in [3.8, 4) is 11.3 Å². The Morgan fingerprint density at radius 2 is 1.91 bits per heavy atom. The van der Waals surface area contributed by atoms with Crippen LogP contribution in [0.1, 0.15) is 16.8 Å². The molecule has 4 aromatic rings. The van der Waals surface area contributed by atoms with Gasteiger partial charge in [0.25, 0.3) is 11.5 Å². The number of β-amino-alcohol motifs (C(OH)–C–C–N with tert-alkyl or cyclic N) is 1. The van der Waals surface area contributed by atoms with Crippen LogP contribution in [0.15, 0.2) is 59.7 Å². The molecule has 1 aliphatic heterocycles. The second-order valence-electron chi connectivity index (χ2n) is 8.17. The van der Waals surface area contributed by atoms with E-state index in [2.05, 4.69) is 4.98 Å². The predicted molar refractivity (Wildman–Crippen MR) is 120 cm³/mol. The summed E-state index contributed by atoms with van der Waals surface area (Å²) in [6, 6.07) is 12.6. The van der Waals surface area contributed by atoms with Crippen LogP contribution in [-0.2, 0) is 7.05 Å². The zero-order valence-corrected chi connectivity index (χ0v) is 17.5. The largest absolute Gasteiger partial charge is 0.390 e. The van der Waals surface area contributed by atoms with Crippen molar-refractivity contribution in [3.63, 3.8) is 0 Å². The van der Waals surface area contributed by atoms with Gasteiger partial charge in [-0.2, -0.15) is 0 Å². The SMILES string of the molecule is Cn1ccc2cc(-c3cnc4ccc(C(=O)N5CC[C@H](O)[C@H](O)C5)cc4n3)ccc2c1=O. The van der Waals surface area contributed by atoms with Crippen molar-refractivity contribution >= 4 is 27.7 Å². The minimum Gasteiger partial charge on any atom is -0.390 e. The summed E-state index contributed by atoms with van der Waals surface area (Å²) in [5.41, 5.74) is 3.10. The average molecular weight is 430 g/mol. The molecule has 1 fully saturated rings. The maximum absolute atomic E-state index is 12.9. The van der Waals surface area contributed by atoms with Gasteiger partial charge in [-0.3, -0.25) is 14.6 Å². The van der Waals surface area contributed by atoms with Crippen molar-refractivity contribution < 1.29 is 15.0 Å². The van der Waals surface area contributed by atoms with Gasteiger partial charge in [-0.25, -0.2) is 4.98 Å². The molecule has 8 nitrogen and oxygen atoms in total. The molecule has 162 valence electrons. The number of piperidine rings is 1. The van der Waals surface area contributed by atoms with E-state index in [1.807, 2.05) is 18.2 Å². The fourth-order valence-electron chi connectivity index (χ4n) is 4.07. The first-order chi connectivity index (χ1) is 15.4. The van der Waals surface area contributed by atoms with Crippen LogP contribution in [0.4, 0.5) is 0 Å². The maximum Gasteiger partial charge on any atom is 0.258 e. The monoisotopic (exact) mass is 430 g/mol. The highest BCUT2D eigenvalue weighted by Crippen LogP contribution is 2.24. The van der Waals surface area contributed by atoms with Crippen LogP contribution in [0.3, 0.4) is 0 Å². The number of nitrogens with zero attached hydrogens (tertiary/aromatic N) is 4. The van der Waals surface area contributed by atoms with Gasteiger partial charge in [-0.05, 0) is 48.2 Å². The van der Waals surface area contributed by atoms with Gasteiger partial charge < -0.3 is 19.7 Å². The number of hydrogen-bond donors (Lipinski definition) is 2. The van der Waals surface area contributed by atoms with Gasteiger partial charge in [-0.15, -0.1) is 0 Å². The fourth-order valence-corrected chi connectivity index (χ4v) is 4.07. The third-order valence-corrected chi connectivity index (χ3v) is 6.00. The lowest BCUT2D eigenvalue weighted by Crippen LogP contribution is -2.48. The van der Waals surface area contributed by atoms with Crippen molar-refractivity contribution in [1.82, 2.24) is 19.4 Å². The summed E-state index contributed by atoms with van der Waals surface area (Å²) < 4.78 is 1.54. The summed E-state index contributed by atoms with van der Waals surface area (Å²) >= 11 is 0. The van der Waals surface area contributed by atoms with E-state index in [9.17, 15) is 19.8 Å². The Morgan fingerprint density at radius 3 is 2.72 bits per heavy atom. The standard InChI is InChI=1S/C24H22N4O4/c1-27-8-6-14-10-15(2-4-17(14)24(27)32)20-12-25-18-5-3-16(11-19(18)26-20)23(31)28-9-7-21(29)22(30)13-28/h2-6,8,10-12,21-22,29-30H,7,9,13H2,1H3/t21-,22+/m0/s1. The highest BCUT2D eigenvalue weighted by Gasteiger charge is 2.29. The third-order valence-electron chi connectivity index (χ3n) is 6.00. The highest BCUT2D eigenvalue weighted by molar-refractivity contribution is 5.97. The Morgan fingerprint density at radius 1 is 1.06 bits per heavy atom. The number of aliphatic hydroxyl groups is 2. The van der Waals surface area contributed by atoms with Crippen LogP contribution in [0.2, 0.25) is 0 Å². The molecule has 1 aliphatic rings. The van der Waals surface area contributed by atoms with Crippen molar-refractivity contribution in [3.05, 3.63) is 70.8 Å². The quantitative estimate of drug-likeness (QED) is 0.501. The summed E-state index contributed by atoms with van der Waals surface area (Å²) in [6.07, 6.45) is 2.01. The van der Waals surface area contributed by atoms with Crippen LogP contribution in [0, 0.1) is 0 Å². The summed E-state index contributed by atoms with van der Waals surface area (Å²) in [4.78, 5) is 35.9. The predicted octanol–water partition coefficient (Wildman–Crippen LogP) is 1.72. The molecular formula is C24H22N4O4. The van der Waals surface area contributed by atoms with Crippen LogP contribution < -0.4 is 5.56 Å². The average Bonchev–Trinajstić information content (AvgIpc) is 2.82. The van der Waals surface area contributed by atoms with Gasteiger partial charge >= 0.3 is 0 Å². The minimum absolute atomic E-state index is 0.0582. The molecule has 32 heavy (non-hydrogen) atoms. The van der Waals surface area contributed by atoms with Gasteiger partial charge in [0.15, 0.2) is 0 Å². The number of carbonyl (C=O) groups excluding carboxylic acids is 1. The molecule has 2 atom stereocenters. The summed E-state index contributed by atoms with van der Waals surface area (Å²) in [6.45, 7) is 0.484. The number of pyridine rings is 1. The van der Waals surface area contributed by atoms with E-state index in [-0.39, 0.29) is 18.0 Å². The summed E-state index contributed by atoms with van der Waals surface area (Å²) in [5.74, 6) is -0.216. The summed E-state index contributed by atoms with van der Waals surface area (Å²) in [7, 11) is 1.72. The first kappa shape index (κ1) is 20.3. The maximum atomic E-state index is 12.9. The van der Waals surface area contributed by atoms with Gasteiger partial charge in [-0.1, -0.05) is 6.07 Å². The van der Waals surface area contributed by atoms with Crippen molar-refractivity contribution in [2.24, 2.45) is 7.05 Å². The van der Waals surface area contributed by atoms with Gasteiger partial charge in [0, 0.05) is 42.8 Å². The van der Waals surface area contributed by atoms with Gasteiger partial charge in [0.1, 0.15) is 0 Å². The van der Waals surface area contributed by atoms with Gasteiger partial charge in [0.05, 0.1) is 35.1 Å². The van der Waals surface area contributed by atoms with Crippen LogP contribution >= 0.6 is 0 Å². The van der Waals surface area contributed by atoms with E-state index >= 15 is 0 Å². The zero-order valence-electron chi connectivity index (χ0n) is 17.5. The molecule has 3 heterocycles. The molecule has 1 amide bonds. The van der Waals surface area contributed by atoms with E-state index in [1.165, 1.54) is 0 Å².